The average molecular weight is 488 g/mol. The van der Waals surface area contributed by atoms with Crippen molar-refractivity contribution in [2.45, 2.75) is 33.1 Å². The molecule has 0 atom stereocenters. The highest BCUT2D eigenvalue weighted by atomic mass is 19.4. The average Bonchev–Trinajstić information content (AvgIpc) is 3.18. The minimum Gasteiger partial charge on any atom is -0.475 e. The smallest absolute Gasteiger partial charge is 0.475 e. The lowest BCUT2D eigenvalue weighted by molar-refractivity contribution is -0.192. The molecule has 0 amide bonds. The molecule has 2 aromatic heterocycles. The third kappa shape index (κ3) is 6.17. The van der Waals surface area contributed by atoms with Gasteiger partial charge in [0, 0.05) is 39.8 Å². The summed E-state index contributed by atoms with van der Waals surface area (Å²) < 4.78 is 41.5. The van der Waals surface area contributed by atoms with Gasteiger partial charge < -0.3 is 20.1 Å². The summed E-state index contributed by atoms with van der Waals surface area (Å²) in [5, 5.41) is 10.4. The van der Waals surface area contributed by atoms with E-state index in [9.17, 15) is 22.8 Å². The SMILES string of the molecule is CC#CCn1c(N2CCNCC2)nc2c1c(=O)n(CCOCC)c(=O)n2C.O=C(O)C(F)(F)F. The summed E-state index contributed by atoms with van der Waals surface area (Å²) in [6.07, 6.45) is -5.08. The number of carboxylic acid groups (broad SMARTS) is 1. The van der Waals surface area contributed by atoms with Gasteiger partial charge in [0.1, 0.15) is 0 Å². The van der Waals surface area contributed by atoms with Gasteiger partial charge in [0.25, 0.3) is 5.56 Å². The molecule has 11 nitrogen and oxygen atoms in total. The number of anilines is 1. The molecule has 188 valence electrons. The Morgan fingerprint density at radius 1 is 1.24 bits per heavy atom. The minimum absolute atomic E-state index is 0.211. The van der Waals surface area contributed by atoms with Crippen LogP contribution in [0.2, 0.25) is 0 Å². The van der Waals surface area contributed by atoms with E-state index in [1.807, 2.05) is 11.5 Å². The maximum Gasteiger partial charge on any atom is 0.490 e. The first-order valence-corrected chi connectivity index (χ1v) is 10.5. The number of carbonyl (C=O) groups is 1. The summed E-state index contributed by atoms with van der Waals surface area (Å²) in [4.78, 5) is 41.5. The van der Waals surface area contributed by atoms with Crippen LogP contribution in [0.5, 0.6) is 0 Å². The second-order valence-corrected chi connectivity index (χ2v) is 7.13. The van der Waals surface area contributed by atoms with E-state index in [4.69, 9.17) is 14.6 Å². The van der Waals surface area contributed by atoms with Gasteiger partial charge in [-0.1, -0.05) is 5.92 Å². The Bertz CT molecular complexity index is 1180. The lowest BCUT2D eigenvalue weighted by atomic mass is 10.4. The van der Waals surface area contributed by atoms with Gasteiger partial charge in [-0.15, -0.1) is 5.92 Å². The first-order valence-electron chi connectivity index (χ1n) is 10.5. The van der Waals surface area contributed by atoms with Crippen LogP contribution >= 0.6 is 0 Å². The van der Waals surface area contributed by atoms with Crippen LogP contribution in [-0.4, -0.2) is 75.3 Å². The van der Waals surface area contributed by atoms with Crippen molar-refractivity contribution in [3.8, 4) is 11.8 Å². The van der Waals surface area contributed by atoms with Crippen molar-refractivity contribution in [3.05, 3.63) is 20.8 Å². The number of carboxylic acids is 1. The number of halogens is 3. The number of ether oxygens (including phenoxy) is 1. The fraction of sp³-hybridized carbons (Fsp3) is 0.600. The van der Waals surface area contributed by atoms with Crippen molar-refractivity contribution in [1.29, 1.82) is 0 Å². The zero-order valence-corrected chi connectivity index (χ0v) is 19.1. The van der Waals surface area contributed by atoms with Crippen molar-refractivity contribution >= 4 is 23.1 Å². The molecule has 1 saturated heterocycles. The molecule has 0 saturated carbocycles. The number of hydrogen-bond acceptors (Lipinski definition) is 7. The molecule has 0 spiro atoms. The molecule has 1 aliphatic rings. The molecule has 1 fully saturated rings. The van der Waals surface area contributed by atoms with Crippen LogP contribution in [0.15, 0.2) is 9.59 Å². The van der Waals surface area contributed by atoms with Gasteiger partial charge in [0.05, 0.1) is 19.7 Å². The topological polar surface area (TPSA) is 124 Å². The third-order valence-electron chi connectivity index (χ3n) is 4.93. The van der Waals surface area contributed by atoms with E-state index < -0.39 is 12.1 Å². The summed E-state index contributed by atoms with van der Waals surface area (Å²) in [6, 6.07) is 0. The number of aliphatic carboxylic acids is 1. The summed E-state index contributed by atoms with van der Waals surface area (Å²) in [5.74, 6) is 3.83. The van der Waals surface area contributed by atoms with Crippen molar-refractivity contribution in [1.82, 2.24) is 24.0 Å². The lowest BCUT2D eigenvalue weighted by Crippen LogP contribution is -2.44. The zero-order valence-electron chi connectivity index (χ0n) is 19.1. The number of imidazole rings is 1. The standard InChI is InChI=1S/C18H26N6O3.C2HF3O2/c1-4-6-9-23-14-15(20-17(23)22-10-7-19-8-11-22)21(3)18(26)24(16(14)25)12-13-27-5-2;3-2(4,5)1(6)7/h19H,5,7-13H2,1-3H3;(H,6,7). The Morgan fingerprint density at radius 3 is 2.38 bits per heavy atom. The van der Waals surface area contributed by atoms with E-state index in [1.165, 1.54) is 9.13 Å². The number of hydrogen-bond donors (Lipinski definition) is 2. The molecule has 3 heterocycles. The predicted octanol–water partition coefficient (Wildman–Crippen LogP) is -0.000600. The van der Waals surface area contributed by atoms with Crippen molar-refractivity contribution in [2.24, 2.45) is 7.05 Å². The number of piperazine rings is 1. The van der Waals surface area contributed by atoms with Crippen LogP contribution in [-0.2, 0) is 29.7 Å². The second kappa shape index (κ2) is 11.7. The van der Waals surface area contributed by atoms with Gasteiger partial charge in [-0.2, -0.15) is 18.2 Å². The van der Waals surface area contributed by atoms with Crippen LogP contribution in [0.25, 0.3) is 11.2 Å². The number of nitrogens with one attached hydrogen (secondary N) is 1. The Labute approximate surface area is 192 Å². The van der Waals surface area contributed by atoms with E-state index in [-0.39, 0.29) is 17.8 Å². The normalized spacial score (nSPS) is 13.8. The van der Waals surface area contributed by atoms with Crippen LogP contribution in [0.3, 0.4) is 0 Å². The predicted molar refractivity (Wildman–Crippen MR) is 118 cm³/mol. The molecule has 0 aromatic carbocycles. The molecule has 34 heavy (non-hydrogen) atoms. The number of fused-ring (bicyclic) bond motifs is 1. The maximum atomic E-state index is 13.1. The van der Waals surface area contributed by atoms with E-state index in [0.29, 0.717) is 36.9 Å². The fourth-order valence-corrected chi connectivity index (χ4v) is 3.27. The molecule has 0 bridgehead atoms. The highest BCUT2D eigenvalue weighted by Gasteiger charge is 2.38. The molecule has 0 aliphatic carbocycles. The van der Waals surface area contributed by atoms with E-state index in [2.05, 4.69) is 27.0 Å². The van der Waals surface area contributed by atoms with Gasteiger partial charge in [-0.05, 0) is 13.8 Å². The summed E-state index contributed by atoms with van der Waals surface area (Å²) in [6.45, 7) is 8.32. The summed E-state index contributed by atoms with van der Waals surface area (Å²) >= 11 is 0. The largest absolute Gasteiger partial charge is 0.490 e. The van der Waals surface area contributed by atoms with Crippen LogP contribution < -0.4 is 21.5 Å². The first-order chi connectivity index (χ1) is 16.0. The Morgan fingerprint density at radius 2 is 1.85 bits per heavy atom. The number of aromatic nitrogens is 4. The Kier molecular flexibility index (Phi) is 9.28. The highest BCUT2D eigenvalue weighted by molar-refractivity contribution is 5.75. The van der Waals surface area contributed by atoms with Gasteiger partial charge >= 0.3 is 17.8 Å². The molecule has 2 aromatic rings. The quantitative estimate of drug-likeness (QED) is 0.430. The number of rotatable bonds is 6. The lowest BCUT2D eigenvalue weighted by Gasteiger charge is -2.28. The molecule has 0 radical (unpaired) electrons. The van der Waals surface area contributed by atoms with Gasteiger partial charge in [0.2, 0.25) is 5.95 Å². The molecule has 1 aliphatic heterocycles. The zero-order chi connectivity index (χ0) is 25.5. The van der Waals surface area contributed by atoms with Gasteiger partial charge in [-0.3, -0.25) is 18.5 Å². The van der Waals surface area contributed by atoms with E-state index in [1.54, 1.807) is 14.0 Å². The Hall–Kier alpha value is -3.31. The summed E-state index contributed by atoms with van der Waals surface area (Å²) in [7, 11) is 1.64. The minimum atomic E-state index is -5.08. The van der Waals surface area contributed by atoms with E-state index in [0.717, 1.165) is 26.2 Å². The van der Waals surface area contributed by atoms with Crippen LogP contribution in [0.1, 0.15) is 13.8 Å². The molecular formula is C20H27F3N6O5. The molecule has 0 unspecified atom stereocenters. The molecule has 2 N–H and O–H groups in total. The summed E-state index contributed by atoms with van der Waals surface area (Å²) in [5.41, 5.74) is 0.0684. The highest BCUT2D eigenvalue weighted by Crippen LogP contribution is 2.20. The third-order valence-corrected chi connectivity index (χ3v) is 4.93. The van der Waals surface area contributed by atoms with Crippen molar-refractivity contribution in [3.63, 3.8) is 0 Å². The molecule has 3 rings (SSSR count). The first kappa shape index (κ1) is 26.9. The number of nitrogens with zero attached hydrogens (tertiary/aromatic N) is 5. The van der Waals surface area contributed by atoms with Crippen molar-refractivity contribution in [2.75, 3.05) is 44.3 Å². The van der Waals surface area contributed by atoms with Crippen LogP contribution in [0.4, 0.5) is 19.1 Å². The van der Waals surface area contributed by atoms with Crippen LogP contribution in [0, 0.1) is 11.8 Å². The fourth-order valence-electron chi connectivity index (χ4n) is 3.27. The number of aryl methyl sites for hydroxylation is 1. The van der Waals surface area contributed by atoms with Crippen molar-refractivity contribution < 1.29 is 27.8 Å². The second-order valence-electron chi connectivity index (χ2n) is 7.13. The monoisotopic (exact) mass is 488 g/mol. The maximum absolute atomic E-state index is 13.1. The van der Waals surface area contributed by atoms with Gasteiger partial charge in [0.15, 0.2) is 11.2 Å². The number of alkyl halides is 3. The van der Waals surface area contributed by atoms with E-state index >= 15 is 0 Å². The Balaban J connectivity index is 0.000000509. The molecular weight excluding hydrogens is 461 g/mol. The van der Waals surface area contributed by atoms with Gasteiger partial charge in [-0.25, -0.2) is 9.59 Å². The molecule has 14 heteroatoms.